The van der Waals surface area contributed by atoms with Crippen LogP contribution in [-0.2, 0) is 12.8 Å². The second-order valence-electron chi connectivity index (χ2n) is 4.49. The van der Waals surface area contributed by atoms with Crippen LogP contribution >= 0.6 is 15.9 Å². The number of aryl methyl sites for hydroxylation is 1. The van der Waals surface area contributed by atoms with Gasteiger partial charge in [0.2, 0.25) is 0 Å². The van der Waals surface area contributed by atoms with Crippen molar-refractivity contribution >= 4 is 21.7 Å². The monoisotopic (exact) mass is 285 g/mol. The molecule has 1 aromatic rings. The Balaban J connectivity index is 2.92. The molecule has 0 aliphatic heterocycles. The third kappa shape index (κ3) is 3.74. The zero-order valence-corrected chi connectivity index (χ0v) is 11.8. The lowest BCUT2D eigenvalue weighted by atomic mass is 10.1. The van der Waals surface area contributed by atoms with Crippen molar-refractivity contribution in [2.24, 2.45) is 5.92 Å². The van der Waals surface area contributed by atoms with Gasteiger partial charge in [0.25, 0.3) is 0 Å². The van der Waals surface area contributed by atoms with Crippen LogP contribution < -0.4 is 5.73 Å². The molecule has 0 atom stereocenters. The maximum Gasteiger partial charge on any atom is 0.141 e. The molecule has 0 radical (unpaired) electrons. The zero-order valence-electron chi connectivity index (χ0n) is 10.3. The van der Waals surface area contributed by atoms with Gasteiger partial charge in [0.05, 0.1) is 10.2 Å². The fourth-order valence-corrected chi connectivity index (χ4v) is 1.87. The van der Waals surface area contributed by atoms with E-state index in [1.807, 2.05) is 0 Å². The maximum atomic E-state index is 5.87. The molecule has 0 aliphatic rings. The van der Waals surface area contributed by atoms with Crippen LogP contribution in [0.3, 0.4) is 0 Å². The van der Waals surface area contributed by atoms with E-state index in [9.17, 15) is 0 Å². The van der Waals surface area contributed by atoms with Gasteiger partial charge in [-0.3, -0.25) is 0 Å². The van der Waals surface area contributed by atoms with Gasteiger partial charge in [0, 0.05) is 6.42 Å². The standard InChI is InChI=1S/C12H20BrN3/c1-4-5-6-10-15-9(7-8(2)3)11(13)12(14)16-10/h8H,4-7H2,1-3H3,(H2,14,15,16). The first-order chi connectivity index (χ1) is 7.54. The average molecular weight is 286 g/mol. The molecule has 4 heteroatoms. The third-order valence-corrected chi connectivity index (χ3v) is 3.21. The summed E-state index contributed by atoms with van der Waals surface area (Å²) in [5.41, 5.74) is 6.91. The number of anilines is 1. The van der Waals surface area contributed by atoms with Gasteiger partial charge in [-0.1, -0.05) is 27.2 Å². The Kier molecular flexibility index (Phi) is 5.19. The van der Waals surface area contributed by atoms with Crippen molar-refractivity contribution in [3.8, 4) is 0 Å². The summed E-state index contributed by atoms with van der Waals surface area (Å²) in [6, 6.07) is 0. The van der Waals surface area contributed by atoms with E-state index < -0.39 is 0 Å². The number of unbranched alkanes of at least 4 members (excludes halogenated alkanes) is 1. The first-order valence-electron chi connectivity index (χ1n) is 5.85. The second kappa shape index (κ2) is 6.18. The summed E-state index contributed by atoms with van der Waals surface area (Å²) in [5, 5.41) is 0. The molecule has 1 rings (SSSR count). The largest absolute Gasteiger partial charge is 0.383 e. The smallest absolute Gasteiger partial charge is 0.141 e. The van der Waals surface area contributed by atoms with Gasteiger partial charge in [-0.2, -0.15) is 0 Å². The molecule has 0 amide bonds. The first kappa shape index (κ1) is 13.4. The van der Waals surface area contributed by atoms with E-state index in [1.165, 1.54) is 0 Å². The van der Waals surface area contributed by atoms with E-state index in [2.05, 4.69) is 46.7 Å². The molecule has 1 heterocycles. The highest BCUT2D eigenvalue weighted by Gasteiger charge is 2.11. The van der Waals surface area contributed by atoms with Crippen LogP contribution in [-0.4, -0.2) is 9.97 Å². The van der Waals surface area contributed by atoms with Crippen LogP contribution in [0.1, 0.15) is 45.1 Å². The predicted molar refractivity (Wildman–Crippen MR) is 71.3 cm³/mol. The van der Waals surface area contributed by atoms with E-state index in [4.69, 9.17) is 5.73 Å². The Morgan fingerprint density at radius 3 is 2.56 bits per heavy atom. The molecule has 2 N–H and O–H groups in total. The van der Waals surface area contributed by atoms with Crippen molar-refractivity contribution < 1.29 is 0 Å². The molecule has 0 bridgehead atoms. The quantitative estimate of drug-likeness (QED) is 0.903. The molecule has 90 valence electrons. The summed E-state index contributed by atoms with van der Waals surface area (Å²) < 4.78 is 0.862. The fourth-order valence-electron chi connectivity index (χ4n) is 1.53. The molecular weight excluding hydrogens is 266 g/mol. The van der Waals surface area contributed by atoms with Gasteiger partial charge in [-0.05, 0) is 34.7 Å². The highest BCUT2D eigenvalue weighted by atomic mass is 79.9. The van der Waals surface area contributed by atoms with E-state index in [0.29, 0.717) is 11.7 Å². The Labute approximate surface area is 106 Å². The van der Waals surface area contributed by atoms with E-state index >= 15 is 0 Å². The third-order valence-electron chi connectivity index (χ3n) is 2.35. The Hall–Kier alpha value is -0.640. The molecule has 16 heavy (non-hydrogen) atoms. The lowest BCUT2D eigenvalue weighted by Crippen LogP contribution is -2.07. The Bertz CT molecular complexity index is 350. The number of nitrogens with two attached hydrogens (primary N) is 1. The minimum Gasteiger partial charge on any atom is -0.383 e. The lowest BCUT2D eigenvalue weighted by molar-refractivity contribution is 0.625. The maximum absolute atomic E-state index is 5.87. The van der Waals surface area contributed by atoms with Gasteiger partial charge >= 0.3 is 0 Å². The number of hydrogen-bond donors (Lipinski definition) is 1. The lowest BCUT2D eigenvalue weighted by Gasteiger charge is -2.10. The highest BCUT2D eigenvalue weighted by Crippen LogP contribution is 2.23. The van der Waals surface area contributed by atoms with Gasteiger partial charge in [0.15, 0.2) is 0 Å². The van der Waals surface area contributed by atoms with Crippen LogP contribution in [0.4, 0.5) is 5.82 Å². The fraction of sp³-hybridized carbons (Fsp3) is 0.667. The molecule has 0 saturated carbocycles. The summed E-state index contributed by atoms with van der Waals surface area (Å²) in [6.45, 7) is 6.52. The van der Waals surface area contributed by atoms with Crippen LogP contribution in [0.2, 0.25) is 0 Å². The molecule has 0 aliphatic carbocycles. The normalized spacial score (nSPS) is 11.1. The number of halogens is 1. The van der Waals surface area contributed by atoms with Gasteiger partial charge in [-0.15, -0.1) is 0 Å². The van der Waals surface area contributed by atoms with Gasteiger partial charge in [-0.25, -0.2) is 9.97 Å². The molecule has 3 nitrogen and oxygen atoms in total. The van der Waals surface area contributed by atoms with Crippen LogP contribution in [0, 0.1) is 5.92 Å². The summed E-state index contributed by atoms with van der Waals surface area (Å²) in [7, 11) is 0. The van der Waals surface area contributed by atoms with Gasteiger partial charge in [0.1, 0.15) is 11.6 Å². The summed E-state index contributed by atoms with van der Waals surface area (Å²) >= 11 is 3.46. The topological polar surface area (TPSA) is 51.8 Å². The summed E-state index contributed by atoms with van der Waals surface area (Å²) in [4.78, 5) is 8.87. The first-order valence-corrected chi connectivity index (χ1v) is 6.64. The predicted octanol–water partition coefficient (Wildman–Crippen LogP) is 3.36. The van der Waals surface area contributed by atoms with Crippen LogP contribution in [0.25, 0.3) is 0 Å². The molecule has 1 aromatic heterocycles. The molecule has 0 saturated heterocycles. The number of nitrogens with zero attached hydrogens (tertiary/aromatic N) is 2. The molecule has 0 spiro atoms. The average Bonchev–Trinajstić information content (AvgIpc) is 2.21. The Morgan fingerprint density at radius 1 is 1.31 bits per heavy atom. The Morgan fingerprint density at radius 2 is 2.00 bits per heavy atom. The van der Waals surface area contributed by atoms with Crippen molar-refractivity contribution in [1.29, 1.82) is 0 Å². The summed E-state index contributed by atoms with van der Waals surface area (Å²) in [6.07, 6.45) is 4.12. The number of nitrogen functional groups attached to an aromatic ring is 1. The number of hydrogen-bond acceptors (Lipinski definition) is 3. The van der Waals surface area contributed by atoms with Crippen molar-refractivity contribution in [3.05, 3.63) is 16.0 Å². The van der Waals surface area contributed by atoms with E-state index in [1.54, 1.807) is 0 Å². The molecule has 0 aromatic carbocycles. The number of aromatic nitrogens is 2. The second-order valence-corrected chi connectivity index (χ2v) is 5.28. The summed E-state index contributed by atoms with van der Waals surface area (Å²) in [5.74, 6) is 2.01. The number of rotatable bonds is 5. The van der Waals surface area contributed by atoms with Crippen molar-refractivity contribution in [1.82, 2.24) is 9.97 Å². The van der Waals surface area contributed by atoms with Crippen LogP contribution in [0.15, 0.2) is 4.47 Å². The van der Waals surface area contributed by atoms with Crippen molar-refractivity contribution in [2.45, 2.75) is 46.5 Å². The van der Waals surface area contributed by atoms with E-state index in [-0.39, 0.29) is 0 Å². The van der Waals surface area contributed by atoms with Gasteiger partial charge < -0.3 is 5.73 Å². The minimum atomic E-state index is 0.566. The van der Waals surface area contributed by atoms with E-state index in [0.717, 1.165) is 41.7 Å². The molecule has 0 unspecified atom stereocenters. The SMILES string of the molecule is CCCCc1nc(N)c(Br)c(CC(C)C)n1. The van der Waals surface area contributed by atoms with Crippen LogP contribution in [0.5, 0.6) is 0 Å². The molecular formula is C12H20BrN3. The van der Waals surface area contributed by atoms with Crippen molar-refractivity contribution in [3.63, 3.8) is 0 Å². The zero-order chi connectivity index (χ0) is 12.1. The highest BCUT2D eigenvalue weighted by molar-refractivity contribution is 9.10. The van der Waals surface area contributed by atoms with Crippen molar-refractivity contribution in [2.75, 3.05) is 5.73 Å². The minimum absolute atomic E-state index is 0.566. The molecule has 0 fully saturated rings.